The van der Waals surface area contributed by atoms with Gasteiger partial charge in [0.25, 0.3) is 0 Å². The minimum absolute atomic E-state index is 0.0840. The third-order valence-corrected chi connectivity index (χ3v) is 9.29. The largest absolute Gasteiger partial charge is 0.490 e. The van der Waals surface area contributed by atoms with Crippen LogP contribution in [0.3, 0.4) is 0 Å². The molecule has 0 saturated heterocycles. The summed E-state index contributed by atoms with van der Waals surface area (Å²) in [5, 5.41) is 32.0. The summed E-state index contributed by atoms with van der Waals surface area (Å²) in [4.78, 5) is 26.5. The number of nitrogens with zero attached hydrogens (tertiary/aromatic N) is 1. The van der Waals surface area contributed by atoms with E-state index in [1.165, 1.54) is 17.2 Å². The van der Waals surface area contributed by atoms with Gasteiger partial charge in [-0.2, -0.15) is 0 Å². The molecule has 3 N–H and O–H groups in total. The van der Waals surface area contributed by atoms with Gasteiger partial charge >= 0.3 is 11.9 Å². The first-order valence-electron chi connectivity index (χ1n) is 13.7. The van der Waals surface area contributed by atoms with Crippen LogP contribution >= 0.6 is 11.6 Å². The second-order valence-electron chi connectivity index (χ2n) is 11.4. The third kappa shape index (κ3) is 5.08. The van der Waals surface area contributed by atoms with E-state index in [1.54, 1.807) is 18.2 Å². The first kappa shape index (κ1) is 28.5. The molecule has 0 amide bonds. The van der Waals surface area contributed by atoms with Crippen LogP contribution in [-0.4, -0.2) is 60.2 Å². The summed E-state index contributed by atoms with van der Waals surface area (Å²) in [6.45, 7) is 5.44. The highest BCUT2D eigenvalue weighted by Crippen LogP contribution is 2.47. The minimum Gasteiger partial charge on any atom is -0.490 e. The highest BCUT2D eigenvalue weighted by Gasteiger charge is 2.46. The number of benzene rings is 2. The molecule has 2 aromatic carbocycles. The molecule has 2 aliphatic carbocycles. The van der Waals surface area contributed by atoms with Gasteiger partial charge in [0.15, 0.2) is 5.60 Å². The number of ether oxygens (including phenoxy) is 2. The van der Waals surface area contributed by atoms with Crippen LogP contribution in [0.4, 0.5) is 5.69 Å². The number of rotatable bonds is 8. The number of aliphatic carboxylic acids is 1. The number of esters is 1. The lowest BCUT2D eigenvalue weighted by molar-refractivity contribution is -0.169. The molecular weight excluding hydrogens is 534 g/mol. The van der Waals surface area contributed by atoms with E-state index in [-0.39, 0.29) is 22.8 Å². The van der Waals surface area contributed by atoms with Crippen molar-refractivity contribution in [3.05, 3.63) is 70.8 Å². The van der Waals surface area contributed by atoms with Gasteiger partial charge in [-0.1, -0.05) is 29.8 Å². The first-order chi connectivity index (χ1) is 19.1. The standard InChI is InChI=1S/C31H36ClNO7/c1-3-26(34)23-9-6-20(23)16-33-17-30(12-4-5-19-13-22(32)8-10-24(19)30)18-40-27-11-7-21(14-25(27)33)31(38,15-28(35)36)29(37)39-2/h3,7-8,10-11,13-14,20,23,26,34,38H,1,4-6,9,12,15-18H2,2H3,(H,35,36)/t20-,23+,26?,30-,31?/m0/s1. The summed E-state index contributed by atoms with van der Waals surface area (Å²) in [5.74, 6) is -1.50. The summed E-state index contributed by atoms with van der Waals surface area (Å²) in [6.07, 6.45) is 4.83. The van der Waals surface area contributed by atoms with Crippen LogP contribution in [-0.2, 0) is 31.8 Å². The number of carbonyl (C=O) groups excluding carboxylic acids is 1. The molecule has 5 rings (SSSR count). The van der Waals surface area contributed by atoms with E-state index in [1.807, 2.05) is 12.1 Å². The number of aliphatic hydroxyl groups excluding tert-OH is 1. The quantitative estimate of drug-likeness (QED) is 0.320. The van der Waals surface area contributed by atoms with Gasteiger partial charge in [-0.15, -0.1) is 6.58 Å². The number of fused-ring (bicyclic) bond motifs is 3. The maximum atomic E-state index is 12.7. The molecule has 2 unspecified atom stereocenters. The third-order valence-electron chi connectivity index (χ3n) is 9.06. The van der Waals surface area contributed by atoms with Crippen molar-refractivity contribution in [2.45, 2.75) is 55.6 Å². The Morgan fingerprint density at radius 1 is 1.30 bits per heavy atom. The highest BCUT2D eigenvalue weighted by atomic mass is 35.5. The summed E-state index contributed by atoms with van der Waals surface area (Å²) in [5.41, 5.74) is 0.512. The van der Waals surface area contributed by atoms with Gasteiger partial charge < -0.3 is 29.7 Å². The molecule has 3 aliphatic rings. The van der Waals surface area contributed by atoms with Crippen LogP contribution in [0.15, 0.2) is 49.1 Å². The van der Waals surface area contributed by atoms with Crippen LogP contribution in [0, 0.1) is 11.8 Å². The molecule has 214 valence electrons. The zero-order chi connectivity index (χ0) is 28.7. The molecule has 1 saturated carbocycles. The van der Waals surface area contributed by atoms with Crippen LogP contribution in [0.1, 0.15) is 48.8 Å². The Balaban J connectivity index is 1.59. The lowest BCUT2D eigenvalue weighted by Gasteiger charge is -2.45. The monoisotopic (exact) mass is 569 g/mol. The van der Waals surface area contributed by atoms with Crippen molar-refractivity contribution < 1.29 is 34.4 Å². The molecule has 1 aliphatic heterocycles. The van der Waals surface area contributed by atoms with Crippen LogP contribution in [0.5, 0.6) is 5.75 Å². The Morgan fingerprint density at radius 2 is 2.10 bits per heavy atom. The van der Waals surface area contributed by atoms with Crippen molar-refractivity contribution in [2.75, 3.05) is 31.7 Å². The second-order valence-corrected chi connectivity index (χ2v) is 11.9. The fraction of sp³-hybridized carbons (Fsp3) is 0.484. The predicted molar refractivity (Wildman–Crippen MR) is 151 cm³/mol. The number of aliphatic hydroxyl groups is 2. The number of hydrogen-bond acceptors (Lipinski definition) is 7. The van der Waals surface area contributed by atoms with Gasteiger partial charge in [-0.25, -0.2) is 4.79 Å². The molecule has 0 bridgehead atoms. The molecular formula is C31H36ClNO7. The summed E-state index contributed by atoms with van der Waals surface area (Å²) in [6, 6.07) is 10.9. The normalized spacial score (nSPS) is 25.8. The lowest BCUT2D eigenvalue weighted by atomic mass is 9.68. The molecule has 40 heavy (non-hydrogen) atoms. The molecule has 8 nitrogen and oxygen atoms in total. The van der Waals surface area contributed by atoms with E-state index >= 15 is 0 Å². The number of anilines is 1. The van der Waals surface area contributed by atoms with Gasteiger partial charge in [-0.3, -0.25) is 4.79 Å². The van der Waals surface area contributed by atoms with Crippen molar-refractivity contribution in [3.8, 4) is 5.75 Å². The van der Waals surface area contributed by atoms with Gasteiger partial charge in [0, 0.05) is 23.5 Å². The first-order valence-corrected chi connectivity index (χ1v) is 14.1. The topological polar surface area (TPSA) is 117 Å². The summed E-state index contributed by atoms with van der Waals surface area (Å²) < 4.78 is 11.3. The van der Waals surface area contributed by atoms with E-state index in [2.05, 4.69) is 17.5 Å². The van der Waals surface area contributed by atoms with E-state index in [4.69, 9.17) is 21.1 Å². The number of methoxy groups -OCH3 is 1. The fourth-order valence-corrected chi connectivity index (χ4v) is 6.97. The Kier molecular flexibility index (Phi) is 7.88. The number of carbonyl (C=O) groups is 2. The zero-order valence-electron chi connectivity index (χ0n) is 22.6. The van der Waals surface area contributed by atoms with Crippen LogP contribution in [0.2, 0.25) is 5.02 Å². The van der Waals surface area contributed by atoms with Crippen LogP contribution in [0.25, 0.3) is 0 Å². The van der Waals surface area contributed by atoms with Gasteiger partial charge in [0.05, 0.1) is 31.9 Å². The average molecular weight is 570 g/mol. The number of hydrogen-bond donors (Lipinski definition) is 3. The summed E-state index contributed by atoms with van der Waals surface area (Å²) in [7, 11) is 1.12. The number of halogens is 1. The molecule has 9 heteroatoms. The number of aryl methyl sites for hydroxylation is 1. The maximum absolute atomic E-state index is 12.7. The number of carboxylic acid groups (broad SMARTS) is 1. The van der Waals surface area contributed by atoms with Gasteiger partial charge in [0.1, 0.15) is 5.75 Å². The Labute approximate surface area is 239 Å². The highest BCUT2D eigenvalue weighted by molar-refractivity contribution is 6.30. The second kappa shape index (κ2) is 11.1. The van der Waals surface area contributed by atoms with Crippen molar-refractivity contribution >= 4 is 29.2 Å². The average Bonchev–Trinajstić information content (AvgIpc) is 3.07. The Hall–Kier alpha value is -3.07. The van der Waals surface area contributed by atoms with Crippen molar-refractivity contribution in [2.24, 2.45) is 11.8 Å². The van der Waals surface area contributed by atoms with Crippen LogP contribution < -0.4 is 9.64 Å². The SMILES string of the molecule is C=CC(O)[C@@H]1CC[C@H]1CN1C[C@@]2(CCCc3cc(Cl)ccc32)COc2ccc(C(O)(CC(=O)O)C(=O)OC)cc21. The van der Waals surface area contributed by atoms with Crippen molar-refractivity contribution in [1.29, 1.82) is 0 Å². The minimum atomic E-state index is -2.36. The Bertz CT molecular complexity index is 1310. The Morgan fingerprint density at radius 3 is 2.77 bits per heavy atom. The maximum Gasteiger partial charge on any atom is 0.343 e. The molecule has 1 spiro atoms. The van der Waals surface area contributed by atoms with Crippen molar-refractivity contribution in [3.63, 3.8) is 0 Å². The van der Waals surface area contributed by atoms with Gasteiger partial charge in [-0.05, 0) is 84.9 Å². The number of carboxylic acids is 1. The van der Waals surface area contributed by atoms with E-state index in [0.717, 1.165) is 39.2 Å². The van der Waals surface area contributed by atoms with E-state index in [0.29, 0.717) is 36.2 Å². The molecule has 5 atom stereocenters. The molecule has 2 aromatic rings. The molecule has 0 radical (unpaired) electrons. The lowest BCUT2D eigenvalue weighted by Crippen LogP contribution is -2.49. The molecule has 1 heterocycles. The predicted octanol–water partition coefficient (Wildman–Crippen LogP) is 4.22. The van der Waals surface area contributed by atoms with Gasteiger partial charge in [0.2, 0.25) is 0 Å². The molecule has 0 aromatic heterocycles. The smallest absolute Gasteiger partial charge is 0.343 e. The van der Waals surface area contributed by atoms with E-state index < -0.39 is 30.1 Å². The molecule has 1 fully saturated rings. The zero-order valence-corrected chi connectivity index (χ0v) is 23.4. The van der Waals surface area contributed by atoms with Crippen molar-refractivity contribution in [1.82, 2.24) is 0 Å². The fourth-order valence-electron chi connectivity index (χ4n) is 6.78. The summed E-state index contributed by atoms with van der Waals surface area (Å²) >= 11 is 6.35. The van der Waals surface area contributed by atoms with E-state index in [9.17, 15) is 24.9 Å².